The lowest BCUT2D eigenvalue weighted by Crippen LogP contribution is -2.59. The van der Waals surface area contributed by atoms with Gasteiger partial charge in [-0.1, -0.05) is 60.7 Å². The lowest BCUT2D eigenvalue weighted by Gasteiger charge is -2.36. The first kappa shape index (κ1) is 39.5. The van der Waals surface area contributed by atoms with Gasteiger partial charge < -0.3 is 39.6 Å². The Labute approximate surface area is 304 Å². The van der Waals surface area contributed by atoms with Crippen LogP contribution < -0.4 is 16.0 Å². The van der Waals surface area contributed by atoms with Crippen molar-refractivity contribution in [2.45, 2.75) is 96.7 Å². The van der Waals surface area contributed by atoms with Gasteiger partial charge in [-0.3, -0.25) is 14.4 Å². The number of hydrogen-bond donors (Lipinski definition) is 3. The number of hydrogen-bond acceptors (Lipinski definition) is 9. The highest BCUT2D eigenvalue weighted by molar-refractivity contribution is 5.98. The van der Waals surface area contributed by atoms with E-state index in [1.807, 2.05) is 60.7 Å². The molecular formula is C38H50N6O8. The van der Waals surface area contributed by atoms with Crippen molar-refractivity contribution in [3.8, 4) is 0 Å². The van der Waals surface area contributed by atoms with Gasteiger partial charge >= 0.3 is 12.1 Å². The third kappa shape index (κ3) is 11.1. The predicted octanol–water partition coefficient (Wildman–Crippen LogP) is 4.36. The molecule has 2 aromatic carbocycles. The Morgan fingerprint density at radius 1 is 0.942 bits per heavy atom. The molecule has 1 aliphatic rings. The summed E-state index contributed by atoms with van der Waals surface area (Å²) in [5, 5.41) is 7.97. The number of nitrogens with zero attached hydrogens (tertiary/aromatic N) is 3. The van der Waals surface area contributed by atoms with Gasteiger partial charge in [0.05, 0.1) is 26.1 Å². The van der Waals surface area contributed by atoms with Gasteiger partial charge in [0.15, 0.2) is 5.82 Å². The van der Waals surface area contributed by atoms with Crippen molar-refractivity contribution in [3.63, 3.8) is 0 Å². The van der Waals surface area contributed by atoms with Crippen LogP contribution in [-0.2, 0) is 40.0 Å². The molecule has 52 heavy (non-hydrogen) atoms. The molecule has 2 heterocycles. The van der Waals surface area contributed by atoms with Gasteiger partial charge in [0.1, 0.15) is 29.3 Å². The van der Waals surface area contributed by atoms with E-state index in [4.69, 9.17) is 14.2 Å². The molecule has 3 unspecified atom stereocenters. The summed E-state index contributed by atoms with van der Waals surface area (Å²) in [6.45, 7) is 10.4. The normalized spacial score (nSPS) is 15.9. The molecular weight excluding hydrogens is 668 g/mol. The summed E-state index contributed by atoms with van der Waals surface area (Å²) >= 11 is 0. The minimum Gasteiger partial charge on any atom is -0.464 e. The van der Waals surface area contributed by atoms with Gasteiger partial charge in [-0.15, -0.1) is 0 Å². The number of amides is 4. The molecule has 1 fully saturated rings. The zero-order valence-corrected chi connectivity index (χ0v) is 30.7. The molecule has 1 aliphatic heterocycles. The summed E-state index contributed by atoms with van der Waals surface area (Å²) in [7, 11) is 0. The van der Waals surface area contributed by atoms with Crippen LogP contribution in [0.5, 0.6) is 0 Å². The molecule has 4 amide bonds. The monoisotopic (exact) mass is 718 g/mol. The molecule has 3 atom stereocenters. The largest absolute Gasteiger partial charge is 0.464 e. The van der Waals surface area contributed by atoms with Crippen LogP contribution in [0.25, 0.3) is 0 Å². The summed E-state index contributed by atoms with van der Waals surface area (Å²) in [4.78, 5) is 72.7. The van der Waals surface area contributed by atoms with Crippen molar-refractivity contribution in [1.29, 1.82) is 0 Å². The predicted molar refractivity (Wildman–Crippen MR) is 193 cm³/mol. The fraction of sp³-hybridized carbons (Fsp3) is 0.474. The maximum absolute atomic E-state index is 14.2. The van der Waals surface area contributed by atoms with Gasteiger partial charge in [-0.05, 0) is 71.9 Å². The lowest BCUT2D eigenvalue weighted by molar-refractivity contribution is -0.157. The van der Waals surface area contributed by atoms with Crippen LogP contribution in [0.3, 0.4) is 0 Å². The van der Waals surface area contributed by atoms with Gasteiger partial charge in [0, 0.05) is 12.7 Å². The number of carbonyl (C=O) groups excluding carboxylic acids is 5. The second kappa shape index (κ2) is 17.8. The molecule has 3 aromatic rings. The van der Waals surface area contributed by atoms with Crippen LogP contribution >= 0.6 is 0 Å². The molecule has 0 bridgehead atoms. The molecule has 0 saturated carbocycles. The smallest absolute Gasteiger partial charge is 0.408 e. The Morgan fingerprint density at radius 3 is 2.27 bits per heavy atom. The zero-order valence-electron chi connectivity index (χ0n) is 30.7. The molecule has 1 saturated heterocycles. The number of nitrogens with one attached hydrogen (secondary N) is 3. The van der Waals surface area contributed by atoms with Crippen LogP contribution in [0.15, 0.2) is 73.2 Å². The van der Waals surface area contributed by atoms with Crippen molar-refractivity contribution in [3.05, 3.63) is 84.3 Å². The summed E-state index contributed by atoms with van der Waals surface area (Å²) < 4.78 is 18.0. The van der Waals surface area contributed by atoms with Gasteiger partial charge in [-0.25, -0.2) is 14.6 Å². The lowest BCUT2D eigenvalue weighted by atomic mass is 9.98. The van der Waals surface area contributed by atoms with Crippen LogP contribution in [-0.4, -0.2) is 87.2 Å². The van der Waals surface area contributed by atoms with Gasteiger partial charge in [0.2, 0.25) is 5.91 Å². The van der Waals surface area contributed by atoms with Crippen molar-refractivity contribution < 1.29 is 38.2 Å². The Bertz CT molecular complexity index is 1670. The van der Waals surface area contributed by atoms with E-state index in [1.165, 1.54) is 26.4 Å². The van der Waals surface area contributed by atoms with Crippen molar-refractivity contribution >= 4 is 35.6 Å². The van der Waals surface area contributed by atoms with Crippen molar-refractivity contribution in [2.24, 2.45) is 0 Å². The molecule has 0 spiro atoms. The fourth-order valence-corrected chi connectivity index (χ4v) is 5.68. The number of likely N-dealkylation sites (tertiary alicyclic amines) is 1. The number of carbonyl (C=O) groups is 5. The molecule has 3 N–H and O–H groups in total. The van der Waals surface area contributed by atoms with E-state index in [0.717, 1.165) is 18.4 Å². The first-order valence-corrected chi connectivity index (χ1v) is 17.5. The SMILES string of the molecule is CCOC(=O)C1CCCCN1C(=O)C(c1ccccc1)n1cnc(NC(=O)C(COCc2ccccc2)NC(=O)C(C)(C)NC(=O)OC(C)(C)C)c1. The number of piperidine rings is 1. The second-order valence-corrected chi connectivity index (χ2v) is 14.1. The molecule has 0 aliphatic carbocycles. The fourth-order valence-electron chi connectivity index (χ4n) is 5.68. The first-order chi connectivity index (χ1) is 24.7. The van der Waals surface area contributed by atoms with E-state index in [2.05, 4.69) is 20.9 Å². The first-order valence-electron chi connectivity index (χ1n) is 17.5. The number of imidazole rings is 1. The van der Waals surface area contributed by atoms with Gasteiger partial charge in [-0.2, -0.15) is 0 Å². The highest BCUT2D eigenvalue weighted by Gasteiger charge is 2.38. The summed E-state index contributed by atoms with van der Waals surface area (Å²) in [5.41, 5.74) is -0.709. The van der Waals surface area contributed by atoms with Crippen LogP contribution in [0.2, 0.25) is 0 Å². The standard InChI is InChI=1S/C38H50N6O8/c1-7-51-34(47)29-20-14-15-21-44(29)33(46)31(27-18-12-9-13-19-27)43-22-30(39-25-43)41-32(45)28(24-50-23-26-16-10-8-11-17-26)40-35(48)38(5,6)42-36(49)52-37(2,3)4/h8-13,16-19,22,25,28-29,31H,7,14-15,20-21,23-24H2,1-6H3,(H,40,48)(H,41,45)(H,42,49). The minimum atomic E-state index is -1.46. The Balaban J connectivity index is 1.55. The quantitative estimate of drug-likeness (QED) is 0.205. The number of anilines is 1. The van der Waals surface area contributed by atoms with Crippen molar-refractivity contribution in [2.75, 3.05) is 25.1 Å². The maximum Gasteiger partial charge on any atom is 0.408 e. The molecule has 4 rings (SSSR count). The Hall–Kier alpha value is -5.24. The van der Waals surface area contributed by atoms with Crippen LogP contribution in [0, 0.1) is 0 Å². The van der Waals surface area contributed by atoms with Crippen LogP contribution in [0.4, 0.5) is 10.6 Å². The Kier molecular flexibility index (Phi) is 13.5. The molecule has 0 radical (unpaired) electrons. The van der Waals surface area contributed by atoms with Crippen LogP contribution in [0.1, 0.15) is 78.0 Å². The molecule has 280 valence electrons. The Morgan fingerprint density at radius 2 is 1.62 bits per heavy atom. The number of esters is 1. The average molecular weight is 719 g/mol. The number of ether oxygens (including phenoxy) is 3. The zero-order chi connectivity index (χ0) is 37.9. The average Bonchev–Trinajstić information content (AvgIpc) is 3.55. The molecule has 1 aromatic heterocycles. The topological polar surface area (TPSA) is 170 Å². The second-order valence-electron chi connectivity index (χ2n) is 14.1. The third-order valence-electron chi connectivity index (χ3n) is 8.24. The summed E-state index contributed by atoms with van der Waals surface area (Å²) in [5.74, 6) is -1.92. The van der Waals surface area contributed by atoms with E-state index in [9.17, 15) is 24.0 Å². The third-order valence-corrected chi connectivity index (χ3v) is 8.24. The van der Waals surface area contributed by atoms with E-state index < -0.39 is 53.1 Å². The molecule has 14 heteroatoms. The number of rotatable bonds is 14. The summed E-state index contributed by atoms with van der Waals surface area (Å²) in [6.07, 6.45) is 4.21. The maximum atomic E-state index is 14.2. The van der Waals surface area contributed by atoms with Crippen molar-refractivity contribution in [1.82, 2.24) is 25.1 Å². The van der Waals surface area contributed by atoms with Gasteiger partial charge in [0.25, 0.3) is 11.8 Å². The number of benzene rings is 2. The number of aromatic nitrogens is 2. The summed E-state index contributed by atoms with van der Waals surface area (Å²) in [6, 6.07) is 15.6. The highest BCUT2D eigenvalue weighted by Crippen LogP contribution is 2.27. The van der Waals surface area contributed by atoms with E-state index >= 15 is 0 Å². The highest BCUT2D eigenvalue weighted by atomic mass is 16.6. The number of alkyl carbamates (subject to hydrolysis) is 1. The molecule has 14 nitrogen and oxygen atoms in total. The van der Waals surface area contributed by atoms with E-state index in [-0.39, 0.29) is 31.5 Å². The van der Waals surface area contributed by atoms with E-state index in [1.54, 1.807) is 37.2 Å². The minimum absolute atomic E-state index is 0.118. The van der Waals surface area contributed by atoms with E-state index in [0.29, 0.717) is 18.5 Å².